The minimum absolute atomic E-state index is 0.0854. The van der Waals surface area contributed by atoms with E-state index in [0.29, 0.717) is 23.9 Å². The summed E-state index contributed by atoms with van der Waals surface area (Å²) in [4.78, 5) is 21.6. The zero-order valence-electron chi connectivity index (χ0n) is 18.8. The van der Waals surface area contributed by atoms with Crippen LogP contribution in [0.15, 0.2) is 53.1 Å². The van der Waals surface area contributed by atoms with Crippen LogP contribution in [0, 0.1) is 6.92 Å². The number of piperazine rings is 1. The van der Waals surface area contributed by atoms with E-state index in [9.17, 15) is 4.79 Å². The standard InChI is InChI=1S/C25H30N4O3/c1-3-31-22-12-10-21(11-13-22)25(30)29-17-15-28(16-18-29)14-4-5-23-26-24(27-32-23)20-8-6-19(2)7-9-20/h6-13H,3-5,14-18H2,1-2H3. The van der Waals surface area contributed by atoms with Gasteiger partial charge in [0.05, 0.1) is 6.61 Å². The van der Waals surface area contributed by atoms with Crippen LogP contribution in [0.3, 0.4) is 0 Å². The smallest absolute Gasteiger partial charge is 0.253 e. The van der Waals surface area contributed by atoms with Gasteiger partial charge >= 0.3 is 0 Å². The Morgan fingerprint density at radius 1 is 1.03 bits per heavy atom. The first-order valence-electron chi connectivity index (χ1n) is 11.3. The number of rotatable bonds is 8. The van der Waals surface area contributed by atoms with Gasteiger partial charge in [-0.1, -0.05) is 35.0 Å². The van der Waals surface area contributed by atoms with E-state index >= 15 is 0 Å². The third kappa shape index (κ3) is 5.53. The lowest BCUT2D eigenvalue weighted by Gasteiger charge is -2.34. The lowest BCUT2D eigenvalue weighted by Crippen LogP contribution is -2.48. The first kappa shape index (κ1) is 22.0. The molecule has 32 heavy (non-hydrogen) atoms. The molecule has 0 radical (unpaired) electrons. The van der Waals surface area contributed by atoms with Gasteiger partial charge in [0.2, 0.25) is 11.7 Å². The van der Waals surface area contributed by atoms with Crippen molar-refractivity contribution in [2.75, 3.05) is 39.3 Å². The number of amides is 1. The molecule has 1 aromatic heterocycles. The maximum absolute atomic E-state index is 12.8. The highest BCUT2D eigenvalue weighted by atomic mass is 16.5. The summed E-state index contributed by atoms with van der Waals surface area (Å²) in [6.45, 7) is 8.81. The number of carbonyl (C=O) groups excluding carboxylic acids is 1. The van der Waals surface area contributed by atoms with E-state index in [1.165, 1.54) is 5.56 Å². The Morgan fingerprint density at radius 3 is 2.44 bits per heavy atom. The minimum atomic E-state index is 0.0854. The van der Waals surface area contributed by atoms with E-state index < -0.39 is 0 Å². The molecule has 0 atom stereocenters. The first-order chi connectivity index (χ1) is 15.6. The fraction of sp³-hybridized carbons (Fsp3) is 0.400. The zero-order valence-corrected chi connectivity index (χ0v) is 18.8. The molecule has 0 N–H and O–H groups in total. The number of nitrogens with zero attached hydrogens (tertiary/aromatic N) is 4. The van der Waals surface area contributed by atoms with Gasteiger partial charge in [-0.2, -0.15) is 4.98 Å². The molecule has 0 spiro atoms. The van der Waals surface area contributed by atoms with Crippen molar-refractivity contribution in [2.24, 2.45) is 0 Å². The predicted octanol–water partition coefficient (Wildman–Crippen LogP) is 3.83. The SMILES string of the molecule is CCOc1ccc(C(=O)N2CCN(CCCc3nc(-c4ccc(C)cc4)no3)CC2)cc1. The van der Waals surface area contributed by atoms with Gasteiger partial charge in [0.25, 0.3) is 5.91 Å². The Labute approximate surface area is 189 Å². The van der Waals surface area contributed by atoms with E-state index in [-0.39, 0.29) is 5.91 Å². The van der Waals surface area contributed by atoms with Crippen LogP contribution < -0.4 is 4.74 Å². The zero-order chi connectivity index (χ0) is 22.3. The Balaban J connectivity index is 1.20. The van der Waals surface area contributed by atoms with Gasteiger partial charge in [0, 0.05) is 43.7 Å². The van der Waals surface area contributed by atoms with Crippen molar-refractivity contribution >= 4 is 5.91 Å². The van der Waals surface area contributed by atoms with Crippen LogP contribution in [0.5, 0.6) is 5.75 Å². The number of aromatic nitrogens is 2. The predicted molar refractivity (Wildman–Crippen MR) is 123 cm³/mol. The van der Waals surface area contributed by atoms with Gasteiger partial charge < -0.3 is 14.2 Å². The highest BCUT2D eigenvalue weighted by Gasteiger charge is 2.22. The Bertz CT molecular complexity index is 1010. The maximum atomic E-state index is 12.8. The van der Waals surface area contributed by atoms with Crippen LogP contribution in [-0.4, -0.2) is 65.2 Å². The van der Waals surface area contributed by atoms with Gasteiger partial charge in [0.1, 0.15) is 5.75 Å². The Morgan fingerprint density at radius 2 is 1.75 bits per heavy atom. The average molecular weight is 435 g/mol. The summed E-state index contributed by atoms with van der Waals surface area (Å²) in [6, 6.07) is 15.5. The number of aryl methyl sites for hydroxylation is 2. The van der Waals surface area contributed by atoms with E-state index in [4.69, 9.17) is 9.26 Å². The number of benzene rings is 2. The molecule has 1 fully saturated rings. The molecule has 0 bridgehead atoms. The van der Waals surface area contributed by atoms with Gasteiger partial charge in [-0.25, -0.2) is 0 Å². The van der Waals surface area contributed by atoms with Crippen molar-refractivity contribution in [3.63, 3.8) is 0 Å². The molecule has 0 saturated carbocycles. The van der Waals surface area contributed by atoms with Crippen LogP contribution in [0.25, 0.3) is 11.4 Å². The quantitative estimate of drug-likeness (QED) is 0.537. The van der Waals surface area contributed by atoms with Crippen molar-refractivity contribution in [2.45, 2.75) is 26.7 Å². The number of ether oxygens (including phenoxy) is 1. The second-order valence-electron chi connectivity index (χ2n) is 8.07. The van der Waals surface area contributed by atoms with Crippen molar-refractivity contribution in [1.82, 2.24) is 19.9 Å². The van der Waals surface area contributed by atoms with E-state index in [2.05, 4.69) is 22.0 Å². The summed E-state index contributed by atoms with van der Waals surface area (Å²) in [7, 11) is 0. The lowest BCUT2D eigenvalue weighted by atomic mass is 10.1. The van der Waals surface area contributed by atoms with Crippen molar-refractivity contribution < 1.29 is 14.1 Å². The maximum Gasteiger partial charge on any atom is 0.253 e. The van der Waals surface area contributed by atoms with E-state index in [1.807, 2.05) is 60.4 Å². The fourth-order valence-corrected chi connectivity index (χ4v) is 3.85. The first-order valence-corrected chi connectivity index (χ1v) is 11.3. The highest BCUT2D eigenvalue weighted by Crippen LogP contribution is 2.18. The number of hydrogen-bond acceptors (Lipinski definition) is 6. The topological polar surface area (TPSA) is 71.7 Å². The number of carbonyl (C=O) groups is 1. The molecule has 1 amide bonds. The molecule has 0 unspecified atom stereocenters. The molecule has 2 heterocycles. The fourth-order valence-electron chi connectivity index (χ4n) is 3.85. The molecule has 4 rings (SSSR count). The van der Waals surface area contributed by atoms with Gasteiger partial charge in [-0.3, -0.25) is 9.69 Å². The molecule has 168 valence electrons. The van der Waals surface area contributed by atoms with E-state index in [1.54, 1.807) is 0 Å². The summed E-state index contributed by atoms with van der Waals surface area (Å²) in [5, 5.41) is 4.10. The van der Waals surface area contributed by atoms with Gasteiger partial charge in [-0.15, -0.1) is 0 Å². The monoisotopic (exact) mass is 434 g/mol. The van der Waals surface area contributed by atoms with Crippen LogP contribution in [-0.2, 0) is 6.42 Å². The molecule has 7 nitrogen and oxygen atoms in total. The molecule has 2 aromatic carbocycles. The lowest BCUT2D eigenvalue weighted by molar-refractivity contribution is 0.0635. The van der Waals surface area contributed by atoms with Gasteiger partial charge in [-0.05, 0) is 51.1 Å². The van der Waals surface area contributed by atoms with Crippen LogP contribution in [0.2, 0.25) is 0 Å². The Hall–Kier alpha value is -3.19. The summed E-state index contributed by atoms with van der Waals surface area (Å²) in [5.41, 5.74) is 2.89. The molecule has 3 aromatic rings. The van der Waals surface area contributed by atoms with E-state index in [0.717, 1.165) is 56.9 Å². The summed E-state index contributed by atoms with van der Waals surface area (Å²) < 4.78 is 10.9. The third-order valence-electron chi connectivity index (χ3n) is 5.71. The molecule has 0 aliphatic carbocycles. The molecular weight excluding hydrogens is 404 g/mol. The van der Waals surface area contributed by atoms with Gasteiger partial charge in [0.15, 0.2) is 0 Å². The average Bonchev–Trinajstić information content (AvgIpc) is 3.29. The normalized spacial score (nSPS) is 14.5. The summed E-state index contributed by atoms with van der Waals surface area (Å²) in [6.07, 6.45) is 1.70. The summed E-state index contributed by atoms with van der Waals surface area (Å²) in [5.74, 6) is 2.19. The minimum Gasteiger partial charge on any atom is -0.494 e. The van der Waals surface area contributed by atoms with Crippen molar-refractivity contribution in [1.29, 1.82) is 0 Å². The number of hydrogen-bond donors (Lipinski definition) is 0. The second kappa shape index (κ2) is 10.4. The highest BCUT2D eigenvalue weighted by molar-refractivity contribution is 5.94. The second-order valence-corrected chi connectivity index (χ2v) is 8.07. The molecular formula is C25H30N4O3. The van der Waals surface area contributed by atoms with Crippen molar-refractivity contribution in [3.8, 4) is 17.1 Å². The largest absolute Gasteiger partial charge is 0.494 e. The molecule has 7 heteroatoms. The van der Waals surface area contributed by atoms with Crippen molar-refractivity contribution in [3.05, 3.63) is 65.5 Å². The van der Waals surface area contributed by atoms with Crippen LogP contribution in [0.1, 0.15) is 35.2 Å². The Kier molecular flexibility index (Phi) is 7.17. The molecule has 1 aliphatic rings. The van der Waals surface area contributed by atoms with Crippen LogP contribution in [0.4, 0.5) is 0 Å². The molecule has 1 aliphatic heterocycles. The molecule has 1 saturated heterocycles. The van der Waals surface area contributed by atoms with Crippen LogP contribution >= 0.6 is 0 Å². The third-order valence-corrected chi connectivity index (χ3v) is 5.71. The summed E-state index contributed by atoms with van der Waals surface area (Å²) >= 11 is 0.